The minimum atomic E-state index is -1.58. The fourth-order valence-corrected chi connectivity index (χ4v) is 4.57. The number of benzene rings is 5. The van der Waals surface area contributed by atoms with Gasteiger partial charge < -0.3 is 39.6 Å². The van der Waals surface area contributed by atoms with E-state index in [0.29, 0.717) is 32.3 Å². The van der Waals surface area contributed by atoms with Crippen molar-refractivity contribution in [3.63, 3.8) is 0 Å². The quantitative estimate of drug-likeness (QED) is 0.124. The van der Waals surface area contributed by atoms with Crippen LogP contribution in [0.15, 0.2) is 48.5 Å². The summed E-state index contributed by atoms with van der Waals surface area (Å²) in [5, 5.41) is 48.9. The van der Waals surface area contributed by atoms with Gasteiger partial charge in [0, 0.05) is 33.0 Å². The summed E-state index contributed by atoms with van der Waals surface area (Å²) in [6, 6.07) is 10.5. The van der Waals surface area contributed by atoms with Crippen LogP contribution >= 0.6 is 0 Å². The average molecular weight is 699 g/mol. The van der Waals surface area contributed by atoms with Gasteiger partial charge in [0.2, 0.25) is 0 Å². The molecule has 0 saturated heterocycles. The molecule has 0 spiro atoms. The summed E-state index contributed by atoms with van der Waals surface area (Å²) in [4.78, 5) is 46.9. The van der Waals surface area contributed by atoms with E-state index in [-0.39, 0.29) is 131 Å². The van der Waals surface area contributed by atoms with Crippen LogP contribution in [0.25, 0.3) is 43.1 Å². The number of rotatable bonds is 4. The molecule has 34 heavy (non-hydrogen) atoms. The molecular weight excluding hydrogens is 691 g/mol. The Morgan fingerprint density at radius 1 is 0.382 bits per heavy atom. The van der Waals surface area contributed by atoms with Gasteiger partial charge >= 0.3 is 97.8 Å². The van der Waals surface area contributed by atoms with Gasteiger partial charge in [-0.05, 0) is 32.3 Å². The van der Waals surface area contributed by atoms with Crippen LogP contribution in [0, 0.1) is 0 Å². The Morgan fingerprint density at radius 2 is 0.588 bits per heavy atom. The van der Waals surface area contributed by atoms with Crippen LogP contribution in [0.3, 0.4) is 0 Å². The second kappa shape index (κ2) is 9.82. The summed E-state index contributed by atoms with van der Waals surface area (Å²) in [7, 11) is 0. The molecule has 10 heteroatoms. The van der Waals surface area contributed by atoms with E-state index in [2.05, 4.69) is 0 Å². The summed E-state index contributed by atoms with van der Waals surface area (Å²) >= 11 is 0. The van der Waals surface area contributed by atoms with Gasteiger partial charge in [0.1, 0.15) is 0 Å². The molecule has 0 atom stereocenters. The number of aromatic carboxylic acids is 4. The maximum Gasteiger partial charge on any atom is 2.00 e. The van der Waals surface area contributed by atoms with Crippen LogP contribution in [0.5, 0.6) is 0 Å². The monoisotopic (exact) mass is 700 g/mol. The van der Waals surface area contributed by atoms with Gasteiger partial charge in [0.05, 0.1) is 23.9 Å². The molecule has 156 valence electrons. The van der Waals surface area contributed by atoms with Crippen LogP contribution < -0.4 is 20.4 Å². The topological polar surface area (TPSA) is 161 Å². The minimum absolute atomic E-state index is 0. The Morgan fingerprint density at radius 3 is 0.765 bits per heavy atom. The van der Waals surface area contributed by atoms with Crippen molar-refractivity contribution in [3.8, 4) is 0 Å². The van der Waals surface area contributed by atoms with Crippen molar-refractivity contribution >= 4 is 165 Å². The number of hydrogen-bond acceptors (Lipinski definition) is 8. The van der Waals surface area contributed by atoms with E-state index in [4.69, 9.17) is 0 Å². The Kier molecular flexibility index (Phi) is 7.80. The number of fused-ring (bicyclic) bond motifs is 2. The molecule has 5 rings (SSSR count). The molecule has 8 nitrogen and oxygen atoms in total. The molecule has 5 aromatic carbocycles. The largest absolute Gasteiger partial charge is 2.00 e. The number of carboxylic acid groups (broad SMARTS) is 4. The summed E-state index contributed by atoms with van der Waals surface area (Å²) in [5.41, 5.74) is -1.38. The van der Waals surface area contributed by atoms with E-state index in [1.807, 2.05) is 0 Å². The molecule has 5 aromatic rings. The van der Waals surface area contributed by atoms with Crippen LogP contribution in [-0.4, -0.2) is 122 Å². The molecule has 0 aliphatic rings. The fourth-order valence-electron chi connectivity index (χ4n) is 4.57. The Bertz CT molecular complexity index is 1450. The van der Waals surface area contributed by atoms with E-state index in [9.17, 15) is 39.6 Å². The van der Waals surface area contributed by atoms with Gasteiger partial charge in [-0.2, -0.15) is 0 Å². The van der Waals surface area contributed by atoms with Crippen LogP contribution in [0.2, 0.25) is 0 Å². The zero-order valence-electron chi connectivity index (χ0n) is 17.3. The van der Waals surface area contributed by atoms with E-state index >= 15 is 0 Å². The summed E-state index contributed by atoms with van der Waals surface area (Å²) in [6.07, 6.45) is 0. The first-order valence-corrected chi connectivity index (χ1v) is 9.28. The summed E-state index contributed by atoms with van der Waals surface area (Å²) < 4.78 is 0. The number of carboxylic acids is 4. The molecule has 0 unspecified atom stereocenters. The van der Waals surface area contributed by atoms with Crippen molar-refractivity contribution in [2.75, 3.05) is 0 Å². The van der Waals surface area contributed by atoms with E-state index in [1.165, 1.54) is 48.5 Å². The third-order valence-corrected chi connectivity index (χ3v) is 5.78. The zero-order chi connectivity index (χ0) is 22.9. The smallest absolute Gasteiger partial charge is 0.545 e. The molecular formula is C24H8Ba2O8. The molecule has 0 N–H and O–H groups in total. The van der Waals surface area contributed by atoms with Gasteiger partial charge in [-0.15, -0.1) is 0 Å². The molecule has 0 amide bonds. The van der Waals surface area contributed by atoms with Crippen LogP contribution in [0.1, 0.15) is 41.4 Å². The van der Waals surface area contributed by atoms with Gasteiger partial charge in [-0.25, -0.2) is 0 Å². The third kappa shape index (κ3) is 3.88. The Hall–Kier alpha value is -1.58. The first-order chi connectivity index (χ1) is 15.2. The maximum atomic E-state index is 11.7. The van der Waals surface area contributed by atoms with Gasteiger partial charge in [0.15, 0.2) is 0 Å². The molecule has 0 fully saturated rings. The maximum absolute atomic E-state index is 11.7. The minimum Gasteiger partial charge on any atom is -0.545 e. The molecule has 0 radical (unpaired) electrons. The summed E-state index contributed by atoms with van der Waals surface area (Å²) in [5.74, 6) is -6.31. The van der Waals surface area contributed by atoms with Crippen molar-refractivity contribution in [3.05, 3.63) is 70.8 Å². The first kappa shape index (κ1) is 27.0. The number of carbonyl (C=O) groups is 4. The Labute approximate surface area is 271 Å². The van der Waals surface area contributed by atoms with Gasteiger partial charge in [-0.3, -0.25) is 0 Å². The number of carbonyl (C=O) groups excluding carboxylic acids is 4. The second-order valence-electron chi connectivity index (χ2n) is 7.29. The van der Waals surface area contributed by atoms with Crippen molar-refractivity contribution < 1.29 is 39.6 Å². The molecule has 0 bridgehead atoms. The van der Waals surface area contributed by atoms with E-state index < -0.39 is 23.9 Å². The molecule has 0 saturated carbocycles. The van der Waals surface area contributed by atoms with E-state index in [1.54, 1.807) is 0 Å². The van der Waals surface area contributed by atoms with Crippen LogP contribution in [-0.2, 0) is 0 Å². The fraction of sp³-hybridized carbons (Fsp3) is 0. The first-order valence-electron chi connectivity index (χ1n) is 9.28. The van der Waals surface area contributed by atoms with Crippen molar-refractivity contribution in [2.24, 2.45) is 0 Å². The molecule has 0 heterocycles. The molecule has 0 aliphatic carbocycles. The normalized spacial score (nSPS) is 10.8. The summed E-state index contributed by atoms with van der Waals surface area (Å²) in [6.45, 7) is 0. The van der Waals surface area contributed by atoms with Gasteiger partial charge in [0.25, 0.3) is 0 Å². The van der Waals surface area contributed by atoms with Crippen molar-refractivity contribution in [2.45, 2.75) is 0 Å². The van der Waals surface area contributed by atoms with Gasteiger partial charge in [-0.1, -0.05) is 48.5 Å². The number of hydrogen-bond donors (Lipinski definition) is 0. The van der Waals surface area contributed by atoms with E-state index in [0.717, 1.165) is 0 Å². The average Bonchev–Trinajstić information content (AvgIpc) is 2.75. The van der Waals surface area contributed by atoms with Crippen LogP contribution in [0.4, 0.5) is 0 Å². The SMILES string of the molecule is O=C([O-])c1ccc2c3ccc(C(=O)[O-])c4c(C(=O)[O-])ccc(c5ccc(C(=O)[O-])c1c25)c43.[Ba+2].[Ba+2]. The molecule has 0 aromatic heterocycles. The Balaban J connectivity index is 0.00000162. The predicted octanol–water partition coefficient (Wildman–Crippen LogP) is -1.57. The third-order valence-electron chi connectivity index (χ3n) is 5.78. The van der Waals surface area contributed by atoms with Crippen molar-refractivity contribution in [1.82, 2.24) is 0 Å². The standard InChI is InChI=1S/C24H12O8.2Ba/c25-21(26)13-5-1-9-10-2-6-15(23(29)30)20-16(24(31)32)8-4-12(18(10)20)11-3-7-14(22(27)28)19(13)17(9)11;;/h1-8H,(H,25,26)(H,27,28)(H,29,30)(H,31,32);;/q;2*+2/p-4. The molecule has 0 aliphatic heterocycles. The predicted molar refractivity (Wildman–Crippen MR) is 116 cm³/mol. The second-order valence-corrected chi connectivity index (χ2v) is 7.29. The van der Waals surface area contributed by atoms with Crippen molar-refractivity contribution in [1.29, 1.82) is 0 Å². The zero-order valence-corrected chi connectivity index (χ0v) is 26.2.